The van der Waals surface area contributed by atoms with Crippen LogP contribution in [0.25, 0.3) is 16.8 Å². The molecule has 0 saturated carbocycles. The van der Waals surface area contributed by atoms with Crippen molar-refractivity contribution in [3.05, 3.63) is 60.3 Å². The maximum Gasteiger partial charge on any atom is 0.243 e. The van der Waals surface area contributed by atoms with Crippen LogP contribution in [0.2, 0.25) is 0 Å². The minimum atomic E-state index is -3.65. The normalized spacial score (nSPS) is 13.4. The second kappa shape index (κ2) is 6.64. The fraction of sp³-hybridized carbons (Fsp3) is 0.158. The number of hydrogen-bond acceptors (Lipinski definition) is 5. The van der Waals surface area contributed by atoms with Gasteiger partial charge in [0.15, 0.2) is 0 Å². The summed E-state index contributed by atoms with van der Waals surface area (Å²) in [5, 5.41) is 7.61. The van der Waals surface area contributed by atoms with E-state index in [2.05, 4.69) is 15.4 Å². The van der Waals surface area contributed by atoms with Gasteiger partial charge in [-0.2, -0.15) is 5.10 Å². The van der Waals surface area contributed by atoms with Gasteiger partial charge >= 0.3 is 0 Å². The van der Waals surface area contributed by atoms with E-state index in [1.54, 1.807) is 29.3 Å². The van der Waals surface area contributed by atoms with E-state index in [0.717, 1.165) is 16.9 Å². The molecule has 2 aromatic carbocycles. The van der Waals surface area contributed by atoms with Crippen molar-refractivity contribution in [2.75, 3.05) is 19.4 Å². The molecule has 0 spiro atoms. The zero-order valence-corrected chi connectivity index (χ0v) is 15.8. The first-order chi connectivity index (χ1) is 13.0. The lowest BCUT2D eigenvalue weighted by Gasteiger charge is -2.20. The lowest BCUT2D eigenvalue weighted by molar-refractivity contribution is 0.521. The number of fused-ring (bicyclic) bond motifs is 1. The zero-order valence-electron chi connectivity index (χ0n) is 15.0. The van der Waals surface area contributed by atoms with Crippen LogP contribution in [0.15, 0.2) is 64.6 Å². The van der Waals surface area contributed by atoms with E-state index in [4.69, 9.17) is 0 Å². The molecule has 3 aromatic rings. The van der Waals surface area contributed by atoms with Crippen molar-refractivity contribution in [3.63, 3.8) is 0 Å². The highest BCUT2D eigenvalue weighted by molar-refractivity contribution is 7.89. The van der Waals surface area contributed by atoms with Gasteiger partial charge in [0.1, 0.15) is 5.82 Å². The molecule has 0 aliphatic carbocycles. The number of nitrogens with zero attached hydrogens (tertiary/aromatic N) is 4. The second-order valence-corrected chi connectivity index (χ2v) is 8.47. The molecule has 1 aliphatic heterocycles. The van der Waals surface area contributed by atoms with Gasteiger partial charge in [-0.05, 0) is 17.7 Å². The standard InChI is InChI=1S/C19H19N5O2S/c1-23(2)27(25,26)17-10-6-9-16(18(17)14-7-4-3-5-8-14)24-19-15(12-22-24)11-20-13-21-19/h3-10,12-13H,11H2,1-2H3,(H,20,21). The van der Waals surface area contributed by atoms with Gasteiger partial charge in [-0.1, -0.05) is 36.4 Å². The van der Waals surface area contributed by atoms with Crippen LogP contribution in [0.1, 0.15) is 5.56 Å². The van der Waals surface area contributed by atoms with Crippen LogP contribution >= 0.6 is 0 Å². The molecular weight excluding hydrogens is 362 g/mol. The largest absolute Gasteiger partial charge is 0.331 e. The number of aliphatic imine (C=N–C) groups is 1. The molecule has 8 heteroatoms. The van der Waals surface area contributed by atoms with E-state index in [1.165, 1.54) is 18.4 Å². The lowest BCUT2D eigenvalue weighted by atomic mass is 10.0. The summed E-state index contributed by atoms with van der Waals surface area (Å²) in [7, 11) is -0.580. The van der Waals surface area contributed by atoms with Crippen LogP contribution in [0, 0.1) is 0 Å². The second-order valence-electron chi connectivity index (χ2n) is 6.35. The third-order valence-corrected chi connectivity index (χ3v) is 6.31. The van der Waals surface area contributed by atoms with Crippen molar-refractivity contribution in [1.82, 2.24) is 14.1 Å². The molecule has 0 amide bonds. The Bertz CT molecular complexity index is 1120. The highest BCUT2D eigenvalue weighted by Crippen LogP contribution is 2.36. The Balaban J connectivity index is 2.03. The van der Waals surface area contributed by atoms with E-state index in [1.807, 2.05) is 36.4 Å². The third-order valence-electron chi connectivity index (χ3n) is 4.45. The summed E-state index contributed by atoms with van der Waals surface area (Å²) in [6.45, 7) is 0.540. The summed E-state index contributed by atoms with van der Waals surface area (Å²) < 4.78 is 29.0. The number of nitrogens with one attached hydrogen (secondary N) is 1. The maximum absolute atomic E-state index is 13.0. The van der Waals surface area contributed by atoms with Crippen LogP contribution in [0.3, 0.4) is 0 Å². The molecule has 1 N–H and O–H groups in total. The van der Waals surface area contributed by atoms with Crippen LogP contribution in [0.5, 0.6) is 0 Å². The summed E-state index contributed by atoms with van der Waals surface area (Å²) >= 11 is 0. The molecule has 4 rings (SSSR count). The first-order valence-corrected chi connectivity index (χ1v) is 9.87. The average Bonchev–Trinajstić information content (AvgIpc) is 3.12. The van der Waals surface area contributed by atoms with Gasteiger partial charge in [-0.25, -0.2) is 17.4 Å². The fourth-order valence-corrected chi connectivity index (χ4v) is 4.21. The summed E-state index contributed by atoms with van der Waals surface area (Å²) in [5.74, 6) is 0.793. The maximum atomic E-state index is 13.0. The number of aromatic nitrogens is 2. The Morgan fingerprint density at radius 3 is 2.59 bits per heavy atom. The smallest absolute Gasteiger partial charge is 0.243 e. The molecule has 2 heterocycles. The average molecular weight is 381 g/mol. The summed E-state index contributed by atoms with van der Waals surface area (Å²) in [5.41, 5.74) is 3.06. The molecule has 27 heavy (non-hydrogen) atoms. The molecule has 0 unspecified atom stereocenters. The number of sulfonamides is 1. The Labute approximate surface area is 158 Å². The minimum Gasteiger partial charge on any atom is -0.331 e. The van der Waals surface area contributed by atoms with Gasteiger partial charge in [0.2, 0.25) is 10.0 Å². The first-order valence-electron chi connectivity index (χ1n) is 8.43. The summed E-state index contributed by atoms with van der Waals surface area (Å²) in [6, 6.07) is 14.7. The highest BCUT2D eigenvalue weighted by atomic mass is 32.2. The fourth-order valence-electron chi connectivity index (χ4n) is 3.09. The molecule has 0 saturated heterocycles. The minimum absolute atomic E-state index is 0.241. The van der Waals surface area contributed by atoms with Gasteiger partial charge in [0, 0.05) is 25.2 Å². The van der Waals surface area contributed by atoms with Crippen molar-refractivity contribution < 1.29 is 8.42 Å². The van der Waals surface area contributed by atoms with E-state index >= 15 is 0 Å². The molecule has 1 aromatic heterocycles. The first kappa shape index (κ1) is 17.4. The predicted molar refractivity (Wildman–Crippen MR) is 106 cm³/mol. The number of rotatable bonds is 4. The summed E-state index contributed by atoms with van der Waals surface area (Å²) in [6.07, 6.45) is 3.38. The highest BCUT2D eigenvalue weighted by Gasteiger charge is 2.26. The lowest BCUT2D eigenvalue weighted by Crippen LogP contribution is -2.23. The van der Waals surface area contributed by atoms with Gasteiger partial charge in [0.25, 0.3) is 0 Å². The molecular formula is C19H19N5O2S. The van der Waals surface area contributed by atoms with E-state index in [-0.39, 0.29) is 4.90 Å². The van der Waals surface area contributed by atoms with Crippen molar-refractivity contribution in [2.24, 2.45) is 4.99 Å². The van der Waals surface area contributed by atoms with Crippen molar-refractivity contribution in [1.29, 1.82) is 0 Å². The Hall–Kier alpha value is -2.97. The Kier molecular flexibility index (Phi) is 4.29. The third kappa shape index (κ3) is 2.92. The molecule has 0 radical (unpaired) electrons. The quantitative estimate of drug-likeness (QED) is 0.754. The topological polar surface area (TPSA) is 79.6 Å². The number of anilines is 1. The van der Waals surface area contributed by atoms with E-state index in [9.17, 15) is 8.42 Å². The predicted octanol–water partition coefficient (Wildman–Crippen LogP) is 2.74. The van der Waals surface area contributed by atoms with Crippen LogP contribution in [0.4, 0.5) is 5.82 Å². The van der Waals surface area contributed by atoms with Crippen LogP contribution < -0.4 is 5.32 Å². The van der Waals surface area contributed by atoms with E-state index < -0.39 is 10.0 Å². The van der Waals surface area contributed by atoms with Gasteiger partial charge in [-0.3, -0.25) is 4.99 Å². The van der Waals surface area contributed by atoms with Gasteiger partial charge in [-0.15, -0.1) is 0 Å². The number of hydrogen-bond donors (Lipinski definition) is 1. The molecule has 1 aliphatic rings. The van der Waals surface area contributed by atoms with Crippen molar-refractivity contribution in [2.45, 2.75) is 11.4 Å². The Morgan fingerprint density at radius 1 is 1.07 bits per heavy atom. The van der Waals surface area contributed by atoms with Crippen molar-refractivity contribution >= 4 is 22.2 Å². The van der Waals surface area contributed by atoms with Gasteiger partial charge < -0.3 is 5.32 Å². The molecule has 0 bridgehead atoms. The molecule has 138 valence electrons. The van der Waals surface area contributed by atoms with Crippen molar-refractivity contribution in [3.8, 4) is 16.8 Å². The Morgan fingerprint density at radius 2 is 1.85 bits per heavy atom. The molecule has 0 fully saturated rings. The van der Waals surface area contributed by atoms with Gasteiger partial charge in [0.05, 0.1) is 29.7 Å². The van der Waals surface area contributed by atoms with E-state index in [0.29, 0.717) is 17.8 Å². The SMILES string of the molecule is CN(C)S(=O)(=O)c1cccc(-n2ncc3c2NC=NC3)c1-c1ccccc1. The molecule has 0 atom stereocenters. The molecule has 7 nitrogen and oxygen atoms in total. The number of benzene rings is 2. The van der Waals surface area contributed by atoms with Crippen LogP contribution in [-0.4, -0.2) is 42.9 Å². The van der Waals surface area contributed by atoms with Crippen LogP contribution in [-0.2, 0) is 16.6 Å². The monoisotopic (exact) mass is 381 g/mol. The zero-order chi connectivity index (χ0) is 19.0. The summed E-state index contributed by atoms with van der Waals surface area (Å²) in [4.78, 5) is 4.43.